The number of nitrogens with two attached hydrogens (primary N) is 1. The summed E-state index contributed by atoms with van der Waals surface area (Å²) >= 11 is 0. The van der Waals surface area contributed by atoms with E-state index in [1.807, 2.05) is 24.3 Å². The predicted octanol–water partition coefficient (Wildman–Crippen LogP) is 3.06. The number of hydrogen-bond acceptors (Lipinski definition) is 6. The number of rotatable bonds is 11. The first kappa shape index (κ1) is 26.4. The minimum absolute atomic E-state index is 0.0572. The molecule has 1 aromatic carbocycles. The molecule has 0 radical (unpaired) electrons. The van der Waals surface area contributed by atoms with Crippen molar-refractivity contribution in [3.8, 4) is 0 Å². The summed E-state index contributed by atoms with van der Waals surface area (Å²) in [4.78, 5) is 34.8. The van der Waals surface area contributed by atoms with Crippen LogP contribution in [0, 0.1) is 0 Å². The second-order valence-electron chi connectivity index (χ2n) is 10.6. The van der Waals surface area contributed by atoms with Crippen molar-refractivity contribution in [1.29, 1.82) is 0 Å². The van der Waals surface area contributed by atoms with Gasteiger partial charge in [0, 0.05) is 30.7 Å². The Morgan fingerprint density at radius 3 is 2.64 bits per heavy atom. The number of aromatic nitrogens is 1. The third kappa shape index (κ3) is 6.73. The molecule has 2 aliphatic heterocycles. The topological polar surface area (TPSA) is 104 Å². The van der Waals surface area contributed by atoms with Crippen molar-refractivity contribution in [2.75, 3.05) is 31.9 Å². The molecule has 2 atom stereocenters. The number of nitrogens with zero attached hydrogens (tertiary/aromatic N) is 3. The fourth-order valence-corrected chi connectivity index (χ4v) is 5.34. The van der Waals surface area contributed by atoms with E-state index in [2.05, 4.69) is 34.4 Å². The minimum atomic E-state index is -0.386. The van der Waals surface area contributed by atoms with E-state index in [0.29, 0.717) is 25.3 Å². The molecule has 2 aliphatic rings. The van der Waals surface area contributed by atoms with E-state index in [4.69, 9.17) is 5.73 Å². The highest BCUT2D eigenvalue weighted by Gasteiger charge is 2.40. The average molecular weight is 495 g/mol. The monoisotopic (exact) mass is 494 g/mol. The van der Waals surface area contributed by atoms with Gasteiger partial charge in [0.05, 0.1) is 6.04 Å². The molecule has 0 spiro atoms. The van der Waals surface area contributed by atoms with Gasteiger partial charge in [-0.25, -0.2) is 4.98 Å². The quantitative estimate of drug-likeness (QED) is 0.415. The molecule has 36 heavy (non-hydrogen) atoms. The Hall–Kier alpha value is -2.71. The number of nitrogen functional groups attached to an aromatic ring is 1. The van der Waals surface area contributed by atoms with Crippen LogP contribution < -0.4 is 16.4 Å². The van der Waals surface area contributed by atoms with Gasteiger partial charge >= 0.3 is 0 Å². The summed E-state index contributed by atoms with van der Waals surface area (Å²) in [5.74, 6) is 0.474. The van der Waals surface area contributed by atoms with Gasteiger partial charge in [-0.2, -0.15) is 0 Å². The van der Waals surface area contributed by atoms with Crippen LogP contribution in [-0.2, 0) is 16.1 Å². The number of hydrogen-bond donors (Lipinski definition) is 3. The Morgan fingerprint density at radius 1 is 1.11 bits per heavy atom. The van der Waals surface area contributed by atoms with Gasteiger partial charge in [-0.15, -0.1) is 0 Å². The highest BCUT2D eigenvalue weighted by molar-refractivity contribution is 5.92. The molecular formula is C28H42N6O2. The summed E-state index contributed by atoms with van der Waals surface area (Å²) in [6.07, 6.45) is 9.30. The smallest absolute Gasteiger partial charge is 0.243 e. The Labute approximate surface area is 215 Å². The second-order valence-corrected chi connectivity index (χ2v) is 10.6. The van der Waals surface area contributed by atoms with Crippen LogP contribution in [0.1, 0.15) is 64.4 Å². The Morgan fingerprint density at radius 2 is 1.92 bits per heavy atom. The molecule has 0 unspecified atom stereocenters. The molecular weight excluding hydrogens is 452 g/mol. The van der Waals surface area contributed by atoms with Crippen LogP contribution in [0.25, 0.3) is 10.8 Å². The number of likely N-dealkylation sites (tertiary alicyclic amines) is 2. The van der Waals surface area contributed by atoms with Crippen LogP contribution in [0.2, 0.25) is 0 Å². The molecule has 4 N–H and O–H groups in total. The van der Waals surface area contributed by atoms with E-state index in [1.54, 1.807) is 11.1 Å². The standard InChI is InChI=1S/C28H42N6O2/c1-20(2)32-24(8-4-7-16-33-14-5-3-6-15-33)28(36)34-17-12-25(34)27(35)31-19-21-9-10-23-22(18-21)11-13-30-26(23)29/h9-11,13,18,20,24-25,32H,3-8,12,14-17,19H2,1-2H3,(H2,29,30)(H,31,35)/t24-,25+/m1/s1. The van der Waals surface area contributed by atoms with Crippen LogP contribution in [0.3, 0.4) is 0 Å². The number of carbonyl (C=O) groups is 2. The minimum Gasteiger partial charge on any atom is -0.383 e. The number of benzene rings is 1. The summed E-state index contributed by atoms with van der Waals surface area (Å²) in [5.41, 5.74) is 6.93. The lowest BCUT2D eigenvalue weighted by molar-refractivity contribution is -0.149. The highest BCUT2D eigenvalue weighted by Crippen LogP contribution is 2.22. The molecule has 3 heterocycles. The predicted molar refractivity (Wildman–Crippen MR) is 144 cm³/mol. The van der Waals surface area contributed by atoms with E-state index in [0.717, 1.165) is 42.1 Å². The summed E-state index contributed by atoms with van der Waals surface area (Å²) < 4.78 is 0. The molecule has 8 nitrogen and oxygen atoms in total. The highest BCUT2D eigenvalue weighted by atomic mass is 16.2. The zero-order valence-corrected chi connectivity index (χ0v) is 21.8. The number of unbranched alkanes of at least 4 members (excludes halogenated alkanes) is 1. The normalized spacial score (nSPS) is 19.3. The molecule has 8 heteroatoms. The van der Waals surface area contributed by atoms with Crippen molar-refractivity contribution in [1.82, 2.24) is 25.4 Å². The summed E-state index contributed by atoms with van der Waals surface area (Å²) in [6.45, 7) is 8.74. The van der Waals surface area contributed by atoms with Crippen molar-refractivity contribution in [3.05, 3.63) is 36.0 Å². The van der Waals surface area contributed by atoms with E-state index in [9.17, 15) is 9.59 Å². The molecule has 0 saturated carbocycles. The number of carbonyl (C=O) groups excluding carboxylic acids is 2. The van der Waals surface area contributed by atoms with Gasteiger partial charge in [-0.05, 0) is 74.8 Å². The maximum absolute atomic E-state index is 13.4. The molecule has 2 aromatic rings. The molecule has 196 valence electrons. The summed E-state index contributed by atoms with van der Waals surface area (Å²) in [7, 11) is 0. The number of anilines is 1. The first-order chi connectivity index (χ1) is 17.4. The van der Waals surface area contributed by atoms with Gasteiger partial charge in [0.25, 0.3) is 0 Å². The third-order valence-electron chi connectivity index (χ3n) is 7.43. The van der Waals surface area contributed by atoms with E-state index in [1.165, 1.54) is 32.4 Å². The third-order valence-corrected chi connectivity index (χ3v) is 7.43. The van der Waals surface area contributed by atoms with E-state index < -0.39 is 0 Å². The largest absolute Gasteiger partial charge is 0.383 e. The number of piperidine rings is 1. The Bertz CT molecular complexity index is 1040. The molecule has 4 rings (SSSR count). The molecule has 0 aliphatic carbocycles. The SMILES string of the molecule is CC(C)N[C@H](CCCCN1CCCCC1)C(=O)N1CC[C@H]1C(=O)NCc1ccc2c(N)nccc2c1. The van der Waals surface area contributed by atoms with Crippen molar-refractivity contribution in [3.63, 3.8) is 0 Å². The zero-order valence-electron chi connectivity index (χ0n) is 21.8. The number of nitrogens with one attached hydrogen (secondary N) is 2. The number of pyridine rings is 1. The second kappa shape index (κ2) is 12.5. The van der Waals surface area contributed by atoms with Crippen LogP contribution in [0.15, 0.2) is 30.5 Å². The van der Waals surface area contributed by atoms with Crippen LogP contribution >= 0.6 is 0 Å². The molecule has 2 saturated heterocycles. The van der Waals surface area contributed by atoms with Crippen molar-refractivity contribution >= 4 is 28.4 Å². The fraction of sp³-hybridized carbons (Fsp3) is 0.607. The van der Waals surface area contributed by atoms with Gasteiger partial charge in [0.1, 0.15) is 11.9 Å². The lowest BCUT2D eigenvalue weighted by Gasteiger charge is -2.42. The van der Waals surface area contributed by atoms with Crippen LogP contribution in [0.4, 0.5) is 5.82 Å². The van der Waals surface area contributed by atoms with Gasteiger partial charge < -0.3 is 26.2 Å². The van der Waals surface area contributed by atoms with Crippen molar-refractivity contribution < 1.29 is 9.59 Å². The van der Waals surface area contributed by atoms with Crippen LogP contribution in [0.5, 0.6) is 0 Å². The maximum atomic E-state index is 13.4. The van der Waals surface area contributed by atoms with Gasteiger partial charge in [-0.1, -0.05) is 38.8 Å². The zero-order chi connectivity index (χ0) is 25.5. The molecule has 2 fully saturated rings. The molecule has 1 aromatic heterocycles. The molecule has 0 bridgehead atoms. The fourth-order valence-electron chi connectivity index (χ4n) is 5.34. The van der Waals surface area contributed by atoms with Gasteiger partial charge in [-0.3, -0.25) is 9.59 Å². The Kier molecular flexibility index (Phi) is 9.15. The van der Waals surface area contributed by atoms with Gasteiger partial charge in [0.15, 0.2) is 0 Å². The lowest BCUT2D eigenvalue weighted by Crippen LogP contribution is -2.62. The van der Waals surface area contributed by atoms with E-state index in [-0.39, 0.29) is 29.9 Å². The molecule has 2 amide bonds. The Balaban J connectivity index is 1.27. The first-order valence-corrected chi connectivity index (χ1v) is 13.6. The summed E-state index contributed by atoms with van der Waals surface area (Å²) in [6, 6.07) is 7.42. The number of fused-ring (bicyclic) bond motifs is 1. The number of amides is 2. The van der Waals surface area contributed by atoms with Crippen molar-refractivity contribution in [2.45, 2.75) is 83.5 Å². The first-order valence-electron chi connectivity index (χ1n) is 13.6. The van der Waals surface area contributed by atoms with Crippen LogP contribution in [-0.4, -0.2) is 70.9 Å². The van der Waals surface area contributed by atoms with Gasteiger partial charge in [0.2, 0.25) is 11.8 Å². The average Bonchev–Trinajstić information content (AvgIpc) is 2.84. The van der Waals surface area contributed by atoms with Crippen molar-refractivity contribution in [2.24, 2.45) is 0 Å². The van der Waals surface area contributed by atoms with E-state index >= 15 is 0 Å². The lowest BCUT2D eigenvalue weighted by atomic mass is 9.98. The summed E-state index contributed by atoms with van der Waals surface area (Å²) in [5, 5.41) is 8.39. The maximum Gasteiger partial charge on any atom is 0.243 e.